The number of tetrazole rings is 1. The predicted molar refractivity (Wildman–Crippen MR) is 110 cm³/mol. The number of nitrogens with one attached hydrogen (secondary N) is 1. The normalized spacial score (nSPS) is 15.1. The number of anilines is 1. The SMILES string of the molecule is COC(=O)C1=C(C(=O)c2ccc(Br)cc2)[C@H](c2ccccc2[N+](=O)[O-])n2nnnc2N1. The first kappa shape index (κ1) is 20.3. The number of halogens is 1. The van der Waals surface area contributed by atoms with Crippen LogP contribution < -0.4 is 5.32 Å². The summed E-state index contributed by atoms with van der Waals surface area (Å²) in [5.74, 6) is -1.33. The Morgan fingerprint density at radius 2 is 1.90 bits per heavy atom. The summed E-state index contributed by atoms with van der Waals surface area (Å²) in [5, 5.41) is 25.7. The first-order valence-corrected chi connectivity index (χ1v) is 9.62. The van der Waals surface area contributed by atoms with Crippen LogP contribution in [0.25, 0.3) is 0 Å². The number of nitro benzene ring substituents is 1. The van der Waals surface area contributed by atoms with Crippen molar-refractivity contribution in [3.63, 3.8) is 0 Å². The van der Waals surface area contributed by atoms with Gasteiger partial charge in [0.25, 0.3) is 5.69 Å². The Morgan fingerprint density at radius 1 is 1.19 bits per heavy atom. The van der Waals surface area contributed by atoms with E-state index < -0.39 is 22.7 Å². The first-order valence-electron chi connectivity index (χ1n) is 8.83. The van der Waals surface area contributed by atoms with Crippen LogP contribution in [-0.2, 0) is 9.53 Å². The summed E-state index contributed by atoms with van der Waals surface area (Å²) in [7, 11) is 1.16. The van der Waals surface area contributed by atoms with Crippen molar-refractivity contribution in [3.8, 4) is 0 Å². The van der Waals surface area contributed by atoms with E-state index in [9.17, 15) is 19.7 Å². The summed E-state index contributed by atoms with van der Waals surface area (Å²) in [6.07, 6.45) is 0. The summed E-state index contributed by atoms with van der Waals surface area (Å²) in [4.78, 5) is 37.3. The molecule has 0 bridgehead atoms. The quantitative estimate of drug-likeness (QED) is 0.250. The lowest BCUT2D eigenvalue weighted by Gasteiger charge is -2.27. The maximum atomic E-state index is 13.6. The number of nitrogens with zero attached hydrogens (tertiary/aromatic N) is 5. The molecule has 0 fully saturated rings. The van der Waals surface area contributed by atoms with Gasteiger partial charge in [0.2, 0.25) is 5.95 Å². The average molecular weight is 485 g/mol. The molecule has 1 aliphatic rings. The molecule has 11 nitrogen and oxygen atoms in total. The third-order valence-electron chi connectivity index (χ3n) is 4.69. The highest BCUT2D eigenvalue weighted by Crippen LogP contribution is 2.40. The number of fused-ring (bicyclic) bond motifs is 1. The van der Waals surface area contributed by atoms with Crippen LogP contribution in [0.2, 0.25) is 0 Å². The molecule has 0 unspecified atom stereocenters. The molecule has 12 heteroatoms. The van der Waals surface area contributed by atoms with Crippen molar-refractivity contribution in [2.75, 3.05) is 12.4 Å². The van der Waals surface area contributed by atoms with Crippen LogP contribution >= 0.6 is 15.9 Å². The average Bonchev–Trinajstić information content (AvgIpc) is 3.25. The molecule has 3 aromatic rings. The number of para-hydroxylation sites is 1. The highest BCUT2D eigenvalue weighted by molar-refractivity contribution is 9.10. The van der Waals surface area contributed by atoms with E-state index in [1.807, 2.05) is 0 Å². The van der Waals surface area contributed by atoms with E-state index >= 15 is 0 Å². The lowest BCUT2D eigenvalue weighted by Crippen LogP contribution is -2.33. The molecular weight excluding hydrogens is 472 g/mol. The Balaban J connectivity index is 2.00. The molecule has 0 spiro atoms. The number of nitro groups is 1. The number of ketones is 1. The van der Waals surface area contributed by atoms with Gasteiger partial charge >= 0.3 is 5.97 Å². The smallest absolute Gasteiger partial charge is 0.355 e. The summed E-state index contributed by atoms with van der Waals surface area (Å²) in [6, 6.07) is 11.2. The van der Waals surface area contributed by atoms with Gasteiger partial charge in [-0.15, -0.1) is 0 Å². The number of Topliss-reactive ketones (excluding diaryl/α,β-unsaturated/α-hetero) is 1. The fourth-order valence-corrected chi connectivity index (χ4v) is 3.58. The van der Waals surface area contributed by atoms with Gasteiger partial charge in [0.1, 0.15) is 11.7 Å². The number of carbonyl (C=O) groups is 2. The highest BCUT2D eigenvalue weighted by atomic mass is 79.9. The van der Waals surface area contributed by atoms with Crippen molar-refractivity contribution in [2.45, 2.75) is 6.04 Å². The van der Waals surface area contributed by atoms with Crippen LogP contribution in [0.4, 0.5) is 11.6 Å². The maximum absolute atomic E-state index is 13.6. The summed E-state index contributed by atoms with van der Waals surface area (Å²) >= 11 is 3.31. The zero-order chi connectivity index (χ0) is 22.1. The summed E-state index contributed by atoms with van der Waals surface area (Å²) < 4.78 is 6.83. The lowest BCUT2D eigenvalue weighted by atomic mass is 9.88. The molecule has 0 radical (unpaired) electrons. The fourth-order valence-electron chi connectivity index (χ4n) is 3.32. The standard InChI is InChI=1S/C19H13BrN6O5/c1-31-18(28)15-14(17(27)10-6-8-11(20)9-7-10)16(25-19(21-15)22-23-24-25)12-4-2-3-5-13(12)26(29)30/h2-9,16H,1H3,(H,21,22,24)/t16-/m0/s1. The molecule has 1 atom stereocenters. The van der Waals surface area contributed by atoms with Gasteiger partial charge in [0.05, 0.1) is 23.2 Å². The van der Waals surface area contributed by atoms with Gasteiger partial charge < -0.3 is 10.1 Å². The summed E-state index contributed by atoms with van der Waals surface area (Å²) in [5.41, 5.74) is -0.115. The number of benzene rings is 2. The van der Waals surface area contributed by atoms with E-state index in [4.69, 9.17) is 4.74 Å². The van der Waals surface area contributed by atoms with Gasteiger partial charge in [-0.3, -0.25) is 14.9 Å². The number of allylic oxidation sites excluding steroid dienone is 1. The van der Waals surface area contributed by atoms with Crippen LogP contribution in [-0.4, -0.2) is 44.0 Å². The van der Waals surface area contributed by atoms with Gasteiger partial charge in [0, 0.05) is 16.1 Å². The number of aromatic nitrogens is 4. The topological polar surface area (TPSA) is 142 Å². The first-order chi connectivity index (χ1) is 14.9. The molecule has 0 amide bonds. The Hall–Kier alpha value is -3.93. The molecular formula is C19H13BrN6O5. The van der Waals surface area contributed by atoms with E-state index in [0.717, 1.165) is 11.6 Å². The Labute approximate surface area is 183 Å². The second-order valence-corrected chi connectivity index (χ2v) is 7.32. The Kier molecular flexibility index (Phi) is 5.29. The van der Waals surface area contributed by atoms with Crippen LogP contribution in [0.15, 0.2) is 64.3 Å². The van der Waals surface area contributed by atoms with E-state index in [2.05, 4.69) is 36.8 Å². The minimum atomic E-state index is -1.14. The number of carbonyl (C=O) groups excluding carboxylic acids is 2. The van der Waals surface area contributed by atoms with E-state index in [-0.39, 0.29) is 34.0 Å². The molecule has 4 rings (SSSR count). The number of ether oxygens (including phenoxy) is 1. The number of rotatable bonds is 5. The largest absolute Gasteiger partial charge is 0.464 e. The van der Waals surface area contributed by atoms with Gasteiger partial charge in [-0.1, -0.05) is 33.2 Å². The molecule has 156 valence electrons. The molecule has 31 heavy (non-hydrogen) atoms. The molecule has 2 aromatic carbocycles. The maximum Gasteiger partial charge on any atom is 0.355 e. The fraction of sp³-hybridized carbons (Fsp3) is 0.105. The molecule has 1 aliphatic heterocycles. The zero-order valence-corrected chi connectivity index (χ0v) is 17.4. The van der Waals surface area contributed by atoms with E-state index in [0.29, 0.717) is 0 Å². The molecule has 0 aliphatic carbocycles. The molecule has 1 N–H and O–H groups in total. The van der Waals surface area contributed by atoms with E-state index in [1.54, 1.807) is 30.3 Å². The zero-order valence-electron chi connectivity index (χ0n) is 15.9. The van der Waals surface area contributed by atoms with Crippen molar-refractivity contribution in [1.29, 1.82) is 0 Å². The monoisotopic (exact) mass is 484 g/mol. The third kappa shape index (κ3) is 3.57. The van der Waals surface area contributed by atoms with Gasteiger partial charge in [0.15, 0.2) is 5.78 Å². The van der Waals surface area contributed by atoms with Crippen molar-refractivity contribution in [1.82, 2.24) is 20.2 Å². The van der Waals surface area contributed by atoms with Crippen molar-refractivity contribution in [2.24, 2.45) is 0 Å². The number of hydrogen-bond donors (Lipinski definition) is 1. The second kappa shape index (κ2) is 8.07. The van der Waals surface area contributed by atoms with Gasteiger partial charge in [-0.2, -0.15) is 4.68 Å². The number of hydrogen-bond acceptors (Lipinski definition) is 9. The minimum Gasteiger partial charge on any atom is -0.464 e. The van der Waals surface area contributed by atoms with Crippen LogP contribution in [0, 0.1) is 10.1 Å². The molecule has 1 aromatic heterocycles. The van der Waals surface area contributed by atoms with Gasteiger partial charge in [-0.05, 0) is 40.8 Å². The van der Waals surface area contributed by atoms with Crippen molar-refractivity contribution >= 4 is 39.3 Å². The Morgan fingerprint density at radius 3 is 2.58 bits per heavy atom. The lowest BCUT2D eigenvalue weighted by molar-refractivity contribution is -0.385. The predicted octanol–water partition coefficient (Wildman–Crippen LogP) is 2.67. The third-order valence-corrected chi connectivity index (χ3v) is 5.21. The molecule has 2 heterocycles. The van der Waals surface area contributed by atoms with Crippen LogP contribution in [0.5, 0.6) is 0 Å². The van der Waals surface area contributed by atoms with E-state index in [1.165, 1.54) is 22.9 Å². The van der Waals surface area contributed by atoms with Crippen LogP contribution in [0.1, 0.15) is 22.0 Å². The van der Waals surface area contributed by atoms with Gasteiger partial charge in [-0.25, -0.2) is 4.79 Å². The summed E-state index contributed by atoms with van der Waals surface area (Å²) in [6.45, 7) is 0. The van der Waals surface area contributed by atoms with Crippen molar-refractivity contribution < 1.29 is 19.2 Å². The second-order valence-electron chi connectivity index (χ2n) is 6.41. The minimum absolute atomic E-state index is 0.0379. The number of esters is 1. The highest BCUT2D eigenvalue weighted by Gasteiger charge is 2.41. The Bertz CT molecular complexity index is 1240. The molecule has 0 saturated carbocycles. The van der Waals surface area contributed by atoms with Crippen molar-refractivity contribution in [3.05, 3.63) is 85.5 Å². The number of methoxy groups -OCH3 is 1. The molecule has 0 saturated heterocycles. The van der Waals surface area contributed by atoms with Crippen LogP contribution in [0.3, 0.4) is 0 Å².